The fourth-order valence-corrected chi connectivity index (χ4v) is 2.46. The van der Waals surface area contributed by atoms with Crippen molar-refractivity contribution in [3.63, 3.8) is 0 Å². The van der Waals surface area contributed by atoms with Crippen LogP contribution >= 0.6 is 0 Å². The zero-order valence-corrected chi connectivity index (χ0v) is 12.9. The van der Waals surface area contributed by atoms with Crippen molar-refractivity contribution in [3.05, 3.63) is 29.8 Å². The highest BCUT2D eigenvalue weighted by molar-refractivity contribution is 5.35. The van der Waals surface area contributed by atoms with Crippen LogP contribution in [0.5, 0.6) is 5.75 Å². The number of ether oxygens (including phenoxy) is 1. The summed E-state index contributed by atoms with van der Waals surface area (Å²) in [5, 5.41) is 3.65. The Hall–Kier alpha value is -1.06. The first kappa shape index (κ1) is 16.0. The van der Waals surface area contributed by atoms with E-state index in [1.165, 1.54) is 5.56 Å². The zero-order valence-electron chi connectivity index (χ0n) is 12.9. The average Bonchev–Trinajstić information content (AvgIpc) is 2.44. The van der Waals surface area contributed by atoms with Gasteiger partial charge in [0.15, 0.2) is 0 Å². The Bertz CT molecular complexity index is 364. The van der Waals surface area contributed by atoms with Crippen LogP contribution in [0, 0.1) is 0 Å². The second-order valence-electron chi connectivity index (χ2n) is 5.02. The summed E-state index contributed by atoms with van der Waals surface area (Å²) in [6.45, 7) is 12.1. The first-order chi connectivity index (χ1) is 9.12. The highest BCUT2D eigenvalue weighted by atomic mass is 16.5. The zero-order chi connectivity index (χ0) is 14.3. The molecule has 0 bridgehead atoms. The number of nitrogens with zero attached hydrogens (tertiary/aromatic N) is 1. The highest BCUT2D eigenvalue weighted by Gasteiger charge is 2.14. The summed E-state index contributed by atoms with van der Waals surface area (Å²) in [6.07, 6.45) is 0. The third-order valence-corrected chi connectivity index (χ3v) is 3.57. The molecule has 1 N–H and O–H groups in total. The minimum Gasteiger partial charge on any atom is -0.496 e. The lowest BCUT2D eigenvalue weighted by molar-refractivity contribution is 0.263. The molecule has 0 aliphatic carbocycles. The van der Waals surface area contributed by atoms with E-state index in [4.69, 9.17) is 4.74 Å². The van der Waals surface area contributed by atoms with E-state index in [0.717, 1.165) is 25.4 Å². The number of rotatable bonds is 8. The van der Waals surface area contributed by atoms with Gasteiger partial charge in [-0.2, -0.15) is 0 Å². The van der Waals surface area contributed by atoms with Crippen LogP contribution in [0.15, 0.2) is 24.3 Å². The molecule has 0 fully saturated rings. The lowest BCUT2D eigenvalue weighted by Gasteiger charge is -2.27. The summed E-state index contributed by atoms with van der Waals surface area (Å²) in [6, 6.07) is 8.96. The number of hydrogen-bond acceptors (Lipinski definition) is 3. The van der Waals surface area contributed by atoms with Crippen molar-refractivity contribution in [1.29, 1.82) is 0 Å². The van der Waals surface area contributed by atoms with E-state index in [1.54, 1.807) is 7.11 Å². The maximum Gasteiger partial charge on any atom is 0.123 e. The summed E-state index contributed by atoms with van der Waals surface area (Å²) >= 11 is 0. The van der Waals surface area contributed by atoms with Crippen LogP contribution in [0.1, 0.15) is 39.3 Å². The standard InChI is InChI=1S/C16H28N2O/c1-6-18(7-2)12-13(3)17-14(4)15-10-8-9-11-16(15)19-5/h8-11,13-14,17H,6-7,12H2,1-5H3. The Morgan fingerprint density at radius 2 is 1.79 bits per heavy atom. The first-order valence-electron chi connectivity index (χ1n) is 7.23. The smallest absolute Gasteiger partial charge is 0.123 e. The van der Waals surface area contributed by atoms with E-state index in [-0.39, 0.29) is 0 Å². The number of methoxy groups -OCH3 is 1. The van der Waals surface area contributed by atoms with Gasteiger partial charge in [0, 0.05) is 24.2 Å². The average molecular weight is 264 g/mol. The van der Waals surface area contributed by atoms with Gasteiger partial charge in [0.25, 0.3) is 0 Å². The van der Waals surface area contributed by atoms with Gasteiger partial charge in [0.05, 0.1) is 7.11 Å². The third-order valence-electron chi connectivity index (χ3n) is 3.57. The van der Waals surface area contributed by atoms with Gasteiger partial charge in [0.2, 0.25) is 0 Å². The normalized spacial score (nSPS) is 14.4. The molecule has 108 valence electrons. The van der Waals surface area contributed by atoms with Gasteiger partial charge >= 0.3 is 0 Å². The summed E-state index contributed by atoms with van der Waals surface area (Å²) in [5.41, 5.74) is 1.22. The number of likely N-dealkylation sites (N-methyl/N-ethyl adjacent to an activating group) is 1. The molecular weight excluding hydrogens is 236 g/mol. The van der Waals surface area contributed by atoms with Gasteiger partial charge in [-0.25, -0.2) is 0 Å². The van der Waals surface area contributed by atoms with Crippen molar-refractivity contribution in [3.8, 4) is 5.75 Å². The molecule has 0 amide bonds. The molecule has 3 heteroatoms. The molecule has 1 aromatic rings. The van der Waals surface area contributed by atoms with Crippen LogP contribution in [0.4, 0.5) is 0 Å². The Morgan fingerprint density at radius 3 is 2.37 bits per heavy atom. The van der Waals surface area contributed by atoms with Gasteiger partial charge in [-0.05, 0) is 33.0 Å². The van der Waals surface area contributed by atoms with Crippen LogP contribution in [0.3, 0.4) is 0 Å². The molecular formula is C16H28N2O. The largest absolute Gasteiger partial charge is 0.496 e. The predicted molar refractivity (Wildman–Crippen MR) is 81.8 cm³/mol. The van der Waals surface area contributed by atoms with E-state index in [2.05, 4.69) is 50.0 Å². The molecule has 0 aliphatic heterocycles. The van der Waals surface area contributed by atoms with E-state index < -0.39 is 0 Å². The molecule has 1 rings (SSSR count). The number of hydrogen-bond donors (Lipinski definition) is 1. The molecule has 2 atom stereocenters. The molecule has 0 aliphatic rings. The van der Waals surface area contributed by atoms with Gasteiger partial charge in [-0.1, -0.05) is 32.0 Å². The summed E-state index contributed by atoms with van der Waals surface area (Å²) in [7, 11) is 1.73. The highest BCUT2D eigenvalue weighted by Crippen LogP contribution is 2.24. The fourth-order valence-electron chi connectivity index (χ4n) is 2.46. The van der Waals surface area contributed by atoms with Crippen molar-refractivity contribution in [2.45, 2.75) is 39.8 Å². The topological polar surface area (TPSA) is 24.5 Å². The Morgan fingerprint density at radius 1 is 1.16 bits per heavy atom. The van der Waals surface area contributed by atoms with Crippen molar-refractivity contribution in [2.75, 3.05) is 26.7 Å². The van der Waals surface area contributed by atoms with Gasteiger partial charge < -0.3 is 15.0 Å². The maximum atomic E-state index is 5.42. The molecule has 2 unspecified atom stereocenters. The van der Waals surface area contributed by atoms with Gasteiger partial charge in [0.1, 0.15) is 5.75 Å². The molecule has 0 saturated heterocycles. The number of nitrogens with one attached hydrogen (secondary N) is 1. The quantitative estimate of drug-likeness (QED) is 0.781. The van der Waals surface area contributed by atoms with Crippen molar-refractivity contribution in [2.24, 2.45) is 0 Å². The lowest BCUT2D eigenvalue weighted by atomic mass is 10.1. The summed E-state index contributed by atoms with van der Waals surface area (Å²) in [5.74, 6) is 0.956. The Kier molecular flexibility index (Phi) is 6.89. The lowest BCUT2D eigenvalue weighted by Crippen LogP contribution is -2.40. The Labute approximate surface area is 118 Å². The van der Waals surface area contributed by atoms with E-state index in [0.29, 0.717) is 12.1 Å². The van der Waals surface area contributed by atoms with E-state index in [1.807, 2.05) is 12.1 Å². The number of para-hydroxylation sites is 1. The second-order valence-corrected chi connectivity index (χ2v) is 5.02. The Balaban J connectivity index is 2.60. The van der Waals surface area contributed by atoms with Crippen molar-refractivity contribution >= 4 is 0 Å². The molecule has 0 heterocycles. The van der Waals surface area contributed by atoms with Crippen molar-refractivity contribution < 1.29 is 4.74 Å². The monoisotopic (exact) mass is 264 g/mol. The van der Waals surface area contributed by atoms with Crippen LogP contribution in [0.25, 0.3) is 0 Å². The fraction of sp³-hybridized carbons (Fsp3) is 0.625. The molecule has 0 spiro atoms. The molecule has 0 radical (unpaired) electrons. The second kappa shape index (κ2) is 8.18. The van der Waals surface area contributed by atoms with Crippen molar-refractivity contribution in [1.82, 2.24) is 10.2 Å². The summed E-state index contributed by atoms with van der Waals surface area (Å²) in [4.78, 5) is 2.44. The number of benzene rings is 1. The van der Waals surface area contributed by atoms with Crippen LogP contribution in [-0.2, 0) is 0 Å². The molecule has 0 aromatic heterocycles. The SMILES string of the molecule is CCN(CC)CC(C)NC(C)c1ccccc1OC. The molecule has 19 heavy (non-hydrogen) atoms. The molecule has 0 saturated carbocycles. The van der Waals surface area contributed by atoms with E-state index >= 15 is 0 Å². The summed E-state index contributed by atoms with van der Waals surface area (Å²) < 4.78 is 5.42. The molecule has 1 aromatic carbocycles. The van der Waals surface area contributed by atoms with E-state index in [9.17, 15) is 0 Å². The van der Waals surface area contributed by atoms with Crippen LogP contribution < -0.4 is 10.1 Å². The first-order valence-corrected chi connectivity index (χ1v) is 7.23. The van der Waals surface area contributed by atoms with Crippen LogP contribution in [0.2, 0.25) is 0 Å². The molecule has 3 nitrogen and oxygen atoms in total. The van der Waals surface area contributed by atoms with Gasteiger partial charge in [-0.3, -0.25) is 0 Å². The third kappa shape index (κ3) is 4.84. The minimum atomic E-state index is 0.293. The van der Waals surface area contributed by atoms with Crippen LogP contribution in [-0.4, -0.2) is 37.7 Å². The van der Waals surface area contributed by atoms with Gasteiger partial charge in [-0.15, -0.1) is 0 Å². The maximum absolute atomic E-state index is 5.42. The predicted octanol–water partition coefficient (Wildman–Crippen LogP) is 3.08. The minimum absolute atomic E-state index is 0.293.